The number of hydrogen-bond donors (Lipinski definition) is 0. The predicted octanol–water partition coefficient (Wildman–Crippen LogP) is 4.44. The van der Waals surface area contributed by atoms with Crippen molar-refractivity contribution in [3.8, 4) is 5.75 Å². The van der Waals surface area contributed by atoms with Gasteiger partial charge in [-0.3, -0.25) is 4.79 Å². The van der Waals surface area contributed by atoms with Crippen LogP contribution in [0.15, 0.2) is 54.6 Å². The van der Waals surface area contributed by atoms with Crippen molar-refractivity contribution in [2.24, 2.45) is 0 Å². The van der Waals surface area contributed by atoms with E-state index in [2.05, 4.69) is 25.8 Å². The first kappa shape index (κ1) is 20.4. The number of methoxy groups -OCH3 is 1. The smallest absolute Gasteiger partial charge is 0.314 e. The number of ether oxygens (including phenoxy) is 2. The Balaban J connectivity index is 1.75. The fourth-order valence-corrected chi connectivity index (χ4v) is 3.99. The quantitative estimate of drug-likeness (QED) is 0.694. The number of carbonyl (C=O) groups is 1. The van der Waals surface area contributed by atoms with Crippen LogP contribution in [0.5, 0.6) is 5.75 Å². The van der Waals surface area contributed by atoms with Gasteiger partial charge in [0, 0.05) is 12.1 Å². The number of hydrogen-bond acceptors (Lipinski definition) is 4. The van der Waals surface area contributed by atoms with Gasteiger partial charge in [-0.05, 0) is 63.4 Å². The molecule has 1 aliphatic rings. The highest BCUT2D eigenvalue weighted by Crippen LogP contribution is 2.28. The Morgan fingerprint density at radius 3 is 2.21 bits per heavy atom. The van der Waals surface area contributed by atoms with Gasteiger partial charge < -0.3 is 14.4 Å². The van der Waals surface area contributed by atoms with E-state index in [1.54, 1.807) is 7.11 Å². The van der Waals surface area contributed by atoms with Crippen molar-refractivity contribution in [1.82, 2.24) is 4.90 Å². The molecule has 0 aliphatic carbocycles. The summed E-state index contributed by atoms with van der Waals surface area (Å²) in [5, 5.41) is 0. The van der Waals surface area contributed by atoms with E-state index in [-0.39, 0.29) is 18.0 Å². The Bertz CT molecular complexity index is 747. The van der Waals surface area contributed by atoms with E-state index in [4.69, 9.17) is 9.47 Å². The molecule has 1 aliphatic heterocycles. The van der Waals surface area contributed by atoms with Gasteiger partial charge in [0.2, 0.25) is 0 Å². The molecule has 4 atom stereocenters. The zero-order valence-corrected chi connectivity index (χ0v) is 17.3. The highest BCUT2D eigenvalue weighted by atomic mass is 16.5. The second-order valence-electron chi connectivity index (χ2n) is 7.91. The molecule has 0 N–H and O–H groups in total. The van der Waals surface area contributed by atoms with E-state index in [1.165, 1.54) is 0 Å². The highest BCUT2D eigenvalue weighted by molar-refractivity contribution is 5.78. The average Bonchev–Trinajstić information content (AvgIpc) is 2.71. The first-order valence-electron chi connectivity index (χ1n) is 10.1. The number of likely N-dealkylation sites (tertiary alicyclic amines) is 1. The highest BCUT2D eigenvalue weighted by Gasteiger charge is 2.32. The Kier molecular flexibility index (Phi) is 6.74. The molecule has 0 aromatic heterocycles. The average molecular weight is 382 g/mol. The lowest BCUT2D eigenvalue weighted by Crippen LogP contribution is -2.47. The van der Waals surface area contributed by atoms with Crippen molar-refractivity contribution in [2.75, 3.05) is 14.2 Å². The summed E-state index contributed by atoms with van der Waals surface area (Å²) >= 11 is 0. The molecule has 3 rings (SSSR count). The second kappa shape index (κ2) is 9.24. The summed E-state index contributed by atoms with van der Waals surface area (Å²) in [4.78, 5) is 15.5. The molecule has 0 saturated carbocycles. The van der Waals surface area contributed by atoms with Crippen molar-refractivity contribution in [3.05, 3.63) is 65.7 Å². The Morgan fingerprint density at radius 2 is 1.64 bits per heavy atom. The van der Waals surface area contributed by atoms with E-state index in [1.807, 2.05) is 54.6 Å². The van der Waals surface area contributed by atoms with Crippen molar-refractivity contribution >= 4 is 5.97 Å². The molecule has 150 valence electrons. The molecule has 1 saturated heterocycles. The lowest BCUT2D eigenvalue weighted by molar-refractivity contribution is -0.155. The topological polar surface area (TPSA) is 38.8 Å². The summed E-state index contributed by atoms with van der Waals surface area (Å²) in [7, 11) is 3.80. The van der Waals surface area contributed by atoms with Gasteiger partial charge >= 0.3 is 5.97 Å². The molecular weight excluding hydrogens is 350 g/mol. The van der Waals surface area contributed by atoms with Gasteiger partial charge in [0.25, 0.3) is 0 Å². The molecule has 28 heavy (non-hydrogen) atoms. The lowest BCUT2D eigenvalue weighted by atomic mass is 9.91. The molecule has 0 amide bonds. The molecule has 0 radical (unpaired) electrons. The molecule has 2 aromatic carbocycles. The maximum atomic E-state index is 13.2. The van der Waals surface area contributed by atoms with E-state index < -0.39 is 0 Å². The van der Waals surface area contributed by atoms with Gasteiger partial charge in [-0.25, -0.2) is 0 Å². The monoisotopic (exact) mass is 381 g/mol. The molecule has 4 heteroatoms. The van der Waals surface area contributed by atoms with Crippen molar-refractivity contribution in [1.29, 1.82) is 0 Å². The van der Waals surface area contributed by atoms with Gasteiger partial charge in [0.15, 0.2) is 0 Å². The number of carbonyl (C=O) groups excluding carboxylic acids is 1. The standard InChI is InChI=1S/C24H31NO3/c1-17-14-22(15-18(2)25(17)3)28-24(26)23(20-8-6-5-7-9-20)16-19-10-12-21(27-4)13-11-19/h5-13,17-18,22-23H,14-16H2,1-4H3/t17-,18+,22?,23-/m0/s1. The van der Waals surface area contributed by atoms with Crippen LogP contribution in [-0.2, 0) is 16.0 Å². The summed E-state index contributed by atoms with van der Waals surface area (Å²) in [6.45, 7) is 4.39. The second-order valence-corrected chi connectivity index (χ2v) is 7.91. The Morgan fingerprint density at radius 1 is 1.04 bits per heavy atom. The largest absolute Gasteiger partial charge is 0.497 e. The van der Waals surface area contributed by atoms with Crippen molar-refractivity contribution in [3.63, 3.8) is 0 Å². The van der Waals surface area contributed by atoms with Crippen LogP contribution in [0, 0.1) is 0 Å². The third kappa shape index (κ3) is 4.93. The normalized spacial score (nSPS) is 23.8. The summed E-state index contributed by atoms with van der Waals surface area (Å²) in [5.74, 6) is 0.382. The number of nitrogens with zero attached hydrogens (tertiary/aromatic N) is 1. The minimum atomic E-state index is -0.306. The van der Waals surface area contributed by atoms with Crippen LogP contribution < -0.4 is 4.74 Å². The zero-order chi connectivity index (χ0) is 20.1. The Labute approximate surface area is 168 Å². The first-order valence-corrected chi connectivity index (χ1v) is 10.1. The lowest BCUT2D eigenvalue weighted by Gasteiger charge is -2.40. The van der Waals surface area contributed by atoms with Gasteiger partial charge in [0.1, 0.15) is 11.9 Å². The maximum absolute atomic E-state index is 13.2. The molecule has 0 spiro atoms. The summed E-state index contributed by atoms with van der Waals surface area (Å²) in [5.41, 5.74) is 2.09. The molecule has 0 bridgehead atoms. The zero-order valence-electron chi connectivity index (χ0n) is 17.3. The summed E-state index contributed by atoms with van der Waals surface area (Å²) < 4.78 is 11.3. The molecule has 1 fully saturated rings. The molecule has 1 unspecified atom stereocenters. The number of piperidine rings is 1. The van der Waals surface area contributed by atoms with Gasteiger partial charge in [-0.15, -0.1) is 0 Å². The number of rotatable bonds is 6. The summed E-state index contributed by atoms with van der Waals surface area (Å²) in [6.07, 6.45) is 2.37. The van der Waals surface area contributed by atoms with Gasteiger partial charge in [-0.2, -0.15) is 0 Å². The third-order valence-corrected chi connectivity index (χ3v) is 5.97. The molecular formula is C24H31NO3. The van der Waals surface area contributed by atoms with Crippen LogP contribution in [0.4, 0.5) is 0 Å². The van der Waals surface area contributed by atoms with Crippen LogP contribution in [0.25, 0.3) is 0 Å². The first-order chi connectivity index (χ1) is 13.5. The van der Waals surface area contributed by atoms with Crippen molar-refractivity contribution < 1.29 is 14.3 Å². The van der Waals surface area contributed by atoms with Crippen LogP contribution in [0.3, 0.4) is 0 Å². The van der Waals surface area contributed by atoms with E-state index in [0.717, 1.165) is 29.7 Å². The van der Waals surface area contributed by atoms with E-state index in [0.29, 0.717) is 18.5 Å². The number of esters is 1. The fraction of sp³-hybridized carbons (Fsp3) is 0.458. The minimum Gasteiger partial charge on any atom is -0.497 e. The predicted molar refractivity (Wildman–Crippen MR) is 112 cm³/mol. The Hall–Kier alpha value is -2.33. The van der Waals surface area contributed by atoms with Gasteiger partial charge in [-0.1, -0.05) is 42.5 Å². The van der Waals surface area contributed by atoms with Crippen molar-refractivity contribution in [2.45, 2.75) is 57.2 Å². The fourth-order valence-electron chi connectivity index (χ4n) is 3.99. The van der Waals surface area contributed by atoms with E-state index >= 15 is 0 Å². The van der Waals surface area contributed by atoms with Crippen LogP contribution >= 0.6 is 0 Å². The number of benzene rings is 2. The molecule has 2 aromatic rings. The van der Waals surface area contributed by atoms with Crippen LogP contribution in [-0.4, -0.2) is 43.2 Å². The third-order valence-electron chi connectivity index (χ3n) is 5.97. The maximum Gasteiger partial charge on any atom is 0.314 e. The van der Waals surface area contributed by atoms with E-state index in [9.17, 15) is 4.79 Å². The SMILES string of the molecule is COc1ccc(C[C@H](C(=O)OC2C[C@@H](C)N(C)[C@@H](C)C2)c2ccccc2)cc1. The summed E-state index contributed by atoms with van der Waals surface area (Å²) in [6, 6.07) is 18.7. The molecule has 1 heterocycles. The minimum absolute atomic E-state index is 0.0178. The van der Waals surface area contributed by atoms with Crippen LogP contribution in [0.2, 0.25) is 0 Å². The molecule has 4 nitrogen and oxygen atoms in total. The van der Waals surface area contributed by atoms with Crippen LogP contribution in [0.1, 0.15) is 43.7 Å². The van der Waals surface area contributed by atoms with Gasteiger partial charge in [0.05, 0.1) is 13.0 Å².